The number of pyridine rings is 1. The maximum atomic E-state index is 13.4. The van der Waals surface area contributed by atoms with Crippen molar-refractivity contribution < 1.29 is 18.7 Å². The number of hydrogen-bond acceptors (Lipinski definition) is 6. The highest BCUT2D eigenvalue weighted by atomic mass is 19.1. The Morgan fingerprint density at radius 1 is 1.09 bits per heavy atom. The summed E-state index contributed by atoms with van der Waals surface area (Å²) >= 11 is 0. The van der Waals surface area contributed by atoms with Crippen LogP contribution in [0, 0.1) is 5.82 Å². The lowest BCUT2D eigenvalue weighted by molar-refractivity contribution is -0.135. The van der Waals surface area contributed by atoms with Crippen molar-refractivity contribution in [2.45, 2.75) is 38.1 Å². The fourth-order valence-corrected chi connectivity index (χ4v) is 4.89. The Hall–Kier alpha value is -3.43. The summed E-state index contributed by atoms with van der Waals surface area (Å²) < 4.78 is 20.6. The van der Waals surface area contributed by atoms with Crippen molar-refractivity contribution in [2.75, 3.05) is 26.2 Å². The molecular weight excluding hydrogens is 449 g/mol. The average molecular weight is 478 g/mol. The third-order valence-corrected chi connectivity index (χ3v) is 6.79. The standard InChI is InChI=1S/C26H28FN5O3/c27-21-3-1-19(2-4-21)15-23-16-24(20-5-9-28-10-6-20)29-32(23)17-25(34)30-11-7-22(8-12-30)31-13-14-35-26(31)18-33/h1-6,9-10,16,18,22,26H,7-8,11-15,17H2. The van der Waals surface area contributed by atoms with Gasteiger partial charge in [-0.05, 0) is 48.7 Å². The molecule has 0 radical (unpaired) electrons. The van der Waals surface area contributed by atoms with Gasteiger partial charge in [-0.15, -0.1) is 0 Å². The second kappa shape index (κ2) is 10.5. The van der Waals surface area contributed by atoms with E-state index < -0.39 is 6.23 Å². The van der Waals surface area contributed by atoms with Gasteiger partial charge in [0.15, 0.2) is 12.5 Å². The zero-order chi connectivity index (χ0) is 24.2. The molecule has 0 bridgehead atoms. The van der Waals surface area contributed by atoms with E-state index in [4.69, 9.17) is 9.84 Å². The van der Waals surface area contributed by atoms with Crippen LogP contribution in [0.3, 0.4) is 0 Å². The first-order chi connectivity index (χ1) is 17.1. The fraction of sp³-hybridized carbons (Fsp3) is 0.385. The van der Waals surface area contributed by atoms with Crippen LogP contribution in [0.4, 0.5) is 4.39 Å². The molecule has 2 saturated heterocycles. The number of carbonyl (C=O) groups excluding carboxylic acids is 2. The van der Waals surface area contributed by atoms with E-state index in [-0.39, 0.29) is 24.3 Å². The van der Waals surface area contributed by atoms with Crippen molar-refractivity contribution in [1.29, 1.82) is 0 Å². The fourth-order valence-electron chi connectivity index (χ4n) is 4.89. The molecule has 0 aliphatic carbocycles. The summed E-state index contributed by atoms with van der Waals surface area (Å²) in [6, 6.07) is 12.4. The maximum absolute atomic E-state index is 13.4. The van der Waals surface area contributed by atoms with Gasteiger partial charge in [-0.2, -0.15) is 5.10 Å². The van der Waals surface area contributed by atoms with Crippen molar-refractivity contribution in [2.24, 2.45) is 0 Å². The molecule has 0 spiro atoms. The molecule has 0 N–H and O–H groups in total. The van der Waals surface area contributed by atoms with Gasteiger partial charge in [-0.25, -0.2) is 4.39 Å². The number of rotatable bonds is 7. The summed E-state index contributed by atoms with van der Waals surface area (Å²) in [5, 5.41) is 4.73. The largest absolute Gasteiger partial charge is 0.355 e. The first-order valence-corrected chi connectivity index (χ1v) is 11.9. The molecule has 1 unspecified atom stereocenters. The van der Waals surface area contributed by atoms with E-state index in [2.05, 4.69) is 9.88 Å². The van der Waals surface area contributed by atoms with Crippen LogP contribution < -0.4 is 0 Å². The number of amides is 1. The van der Waals surface area contributed by atoms with Gasteiger partial charge in [0, 0.05) is 55.7 Å². The van der Waals surface area contributed by atoms with Crippen LogP contribution in [0.5, 0.6) is 0 Å². The number of benzene rings is 1. The summed E-state index contributed by atoms with van der Waals surface area (Å²) in [7, 11) is 0. The quantitative estimate of drug-likeness (QED) is 0.487. The van der Waals surface area contributed by atoms with Crippen molar-refractivity contribution >= 4 is 12.2 Å². The topological polar surface area (TPSA) is 80.6 Å². The molecule has 2 aliphatic heterocycles. The lowest BCUT2D eigenvalue weighted by Crippen LogP contribution is -2.49. The normalized spacial score (nSPS) is 19.2. The Morgan fingerprint density at radius 2 is 1.83 bits per heavy atom. The molecule has 1 atom stereocenters. The Bertz CT molecular complexity index is 1160. The summed E-state index contributed by atoms with van der Waals surface area (Å²) in [5.41, 5.74) is 3.52. The number of piperidine rings is 1. The van der Waals surface area contributed by atoms with Gasteiger partial charge in [-0.1, -0.05) is 12.1 Å². The van der Waals surface area contributed by atoms with Crippen LogP contribution in [-0.2, 0) is 27.3 Å². The molecular formula is C26H28FN5O3. The van der Waals surface area contributed by atoms with Gasteiger partial charge in [0.1, 0.15) is 12.4 Å². The summed E-state index contributed by atoms with van der Waals surface area (Å²) in [6.45, 7) is 2.73. The first kappa shape index (κ1) is 23.3. The van der Waals surface area contributed by atoms with E-state index in [1.807, 2.05) is 23.1 Å². The SMILES string of the molecule is O=CC1OCCN1C1CCN(C(=O)Cn2nc(-c3ccncc3)cc2Cc2ccc(F)cc2)CC1. The van der Waals surface area contributed by atoms with E-state index in [1.54, 1.807) is 29.2 Å². The summed E-state index contributed by atoms with van der Waals surface area (Å²) in [6.07, 6.45) is 5.97. The number of nitrogens with zero attached hydrogens (tertiary/aromatic N) is 5. The van der Waals surface area contributed by atoms with Crippen LogP contribution in [-0.4, -0.2) is 75.3 Å². The molecule has 2 aromatic heterocycles. The lowest BCUT2D eigenvalue weighted by atomic mass is 10.0. The molecule has 1 aromatic carbocycles. The highest BCUT2D eigenvalue weighted by Crippen LogP contribution is 2.24. The second-order valence-electron chi connectivity index (χ2n) is 8.96. The molecule has 1 amide bonds. The Kier molecular flexibility index (Phi) is 6.96. The van der Waals surface area contributed by atoms with Crippen LogP contribution >= 0.6 is 0 Å². The molecule has 8 nitrogen and oxygen atoms in total. The third-order valence-electron chi connectivity index (χ3n) is 6.79. The minimum atomic E-state index is -0.466. The van der Waals surface area contributed by atoms with Crippen LogP contribution in [0.15, 0.2) is 54.9 Å². The zero-order valence-corrected chi connectivity index (χ0v) is 19.4. The van der Waals surface area contributed by atoms with Gasteiger partial charge >= 0.3 is 0 Å². The van der Waals surface area contributed by atoms with Crippen molar-refractivity contribution in [3.05, 3.63) is 71.9 Å². The lowest BCUT2D eigenvalue weighted by Gasteiger charge is -2.37. The van der Waals surface area contributed by atoms with Crippen molar-refractivity contribution in [1.82, 2.24) is 24.6 Å². The zero-order valence-electron chi connectivity index (χ0n) is 19.4. The Morgan fingerprint density at radius 3 is 2.54 bits per heavy atom. The minimum absolute atomic E-state index is 0.0118. The van der Waals surface area contributed by atoms with E-state index >= 15 is 0 Å². The number of halogens is 1. The monoisotopic (exact) mass is 477 g/mol. The minimum Gasteiger partial charge on any atom is -0.355 e. The van der Waals surface area contributed by atoms with E-state index in [1.165, 1.54) is 12.1 Å². The van der Waals surface area contributed by atoms with E-state index in [0.29, 0.717) is 26.1 Å². The molecule has 9 heteroatoms. The predicted octanol–water partition coefficient (Wildman–Crippen LogP) is 2.52. The third kappa shape index (κ3) is 5.31. The summed E-state index contributed by atoms with van der Waals surface area (Å²) in [5.74, 6) is -0.268. The first-order valence-electron chi connectivity index (χ1n) is 11.9. The van der Waals surface area contributed by atoms with Gasteiger partial charge < -0.3 is 9.64 Å². The molecule has 3 aromatic rings. The van der Waals surface area contributed by atoms with Crippen LogP contribution in [0.1, 0.15) is 24.1 Å². The molecule has 4 heterocycles. The number of likely N-dealkylation sites (tertiary alicyclic amines) is 1. The Balaban J connectivity index is 1.29. The highest BCUT2D eigenvalue weighted by molar-refractivity contribution is 5.76. The molecule has 35 heavy (non-hydrogen) atoms. The van der Waals surface area contributed by atoms with E-state index in [0.717, 1.165) is 48.2 Å². The van der Waals surface area contributed by atoms with Gasteiger partial charge in [0.25, 0.3) is 0 Å². The molecule has 5 rings (SSSR count). The second-order valence-corrected chi connectivity index (χ2v) is 8.96. The van der Waals surface area contributed by atoms with Gasteiger partial charge in [0.05, 0.1) is 12.3 Å². The van der Waals surface area contributed by atoms with Crippen molar-refractivity contribution in [3.8, 4) is 11.3 Å². The number of carbonyl (C=O) groups is 2. The maximum Gasteiger partial charge on any atom is 0.244 e. The predicted molar refractivity (Wildman–Crippen MR) is 127 cm³/mol. The number of ether oxygens (including phenoxy) is 1. The van der Waals surface area contributed by atoms with Crippen LogP contribution in [0.25, 0.3) is 11.3 Å². The smallest absolute Gasteiger partial charge is 0.244 e. The van der Waals surface area contributed by atoms with Gasteiger partial charge in [-0.3, -0.25) is 24.2 Å². The number of aromatic nitrogens is 3. The molecule has 0 saturated carbocycles. The van der Waals surface area contributed by atoms with E-state index in [9.17, 15) is 14.0 Å². The molecule has 2 aliphatic rings. The number of hydrogen-bond donors (Lipinski definition) is 0. The van der Waals surface area contributed by atoms with Gasteiger partial charge in [0.2, 0.25) is 5.91 Å². The molecule has 182 valence electrons. The average Bonchev–Trinajstić information content (AvgIpc) is 3.53. The Labute approximate surface area is 203 Å². The molecule has 2 fully saturated rings. The highest BCUT2D eigenvalue weighted by Gasteiger charge is 2.34. The summed E-state index contributed by atoms with van der Waals surface area (Å²) in [4.78, 5) is 32.5. The van der Waals surface area contributed by atoms with Crippen LogP contribution in [0.2, 0.25) is 0 Å². The number of aldehydes is 1. The van der Waals surface area contributed by atoms with Crippen molar-refractivity contribution in [3.63, 3.8) is 0 Å².